The molecule has 1 amide bonds. The lowest BCUT2D eigenvalue weighted by Crippen LogP contribution is -2.48. The Morgan fingerprint density at radius 3 is 2.52 bits per heavy atom. The fraction of sp³-hybridized carbons (Fsp3) is 0.333. The van der Waals surface area contributed by atoms with Crippen LogP contribution in [0.4, 0.5) is 11.4 Å². The number of ether oxygens (including phenoxy) is 1. The summed E-state index contributed by atoms with van der Waals surface area (Å²) in [6.45, 7) is 6.15. The molecule has 0 atom stereocenters. The van der Waals surface area contributed by atoms with E-state index in [-0.39, 0.29) is 5.91 Å². The Kier molecular flexibility index (Phi) is 7.96. The molecule has 0 unspecified atom stereocenters. The zero-order chi connectivity index (χ0) is 23.2. The maximum atomic E-state index is 12.9. The summed E-state index contributed by atoms with van der Waals surface area (Å²) in [4.78, 5) is 22.1. The highest BCUT2D eigenvalue weighted by Crippen LogP contribution is 2.30. The molecule has 1 fully saturated rings. The highest BCUT2D eigenvalue weighted by molar-refractivity contribution is 7.15. The molecule has 1 saturated heterocycles. The van der Waals surface area contributed by atoms with Crippen LogP contribution in [0.1, 0.15) is 28.6 Å². The predicted octanol–water partition coefficient (Wildman–Crippen LogP) is 5.81. The number of piperazine rings is 1. The van der Waals surface area contributed by atoms with Gasteiger partial charge in [0.05, 0.1) is 23.9 Å². The second-order valence-electron chi connectivity index (χ2n) is 7.75. The number of nitrogens with one attached hydrogen (secondary N) is 1. The number of nitrogens with zero attached hydrogens (tertiary/aromatic N) is 3. The summed E-state index contributed by atoms with van der Waals surface area (Å²) in [5, 5.41) is 4.03. The third kappa shape index (κ3) is 6.10. The lowest BCUT2D eigenvalue weighted by molar-refractivity contribution is 0.0747. The lowest BCUT2D eigenvalue weighted by Gasteiger charge is -2.36. The highest BCUT2D eigenvalue weighted by Gasteiger charge is 2.23. The number of aromatic nitrogens is 1. The van der Waals surface area contributed by atoms with Crippen LogP contribution in [-0.2, 0) is 6.54 Å². The third-order valence-electron chi connectivity index (χ3n) is 5.42. The van der Waals surface area contributed by atoms with Gasteiger partial charge in [0.1, 0.15) is 5.75 Å². The van der Waals surface area contributed by atoms with Gasteiger partial charge >= 0.3 is 0 Å². The van der Waals surface area contributed by atoms with Crippen LogP contribution in [0.25, 0.3) is 0 Å². The Morgan fingerprint density at radius 1 is 1.12 bits per heavy atom. The molecule has 4 rings (SSSR count). The van der Waals surface area contributed by atoms with Gasteiger partial charge in [-0.25, -0.2) is 4.98 Å². The zero-order valence-electron chi connectivity index (χ0n) is 18.4. The molecule has 0 bridgehead atoms. The van der Waals surface area contributed by atoms with Gasteiger partial charge in [-0.15, -0.1) is 11.3 Å². The van der Waals surface area contributed by atoms with E-state index < -0.39 is 0 Å². The summed E-state index contributed by atoms with van der Waals surface area (Å²) in [7, 11) is 0. The molecular weight excluding hydrogens is 479 g/mol. The van der Waals surface area contributed by atoms with E-state index in [0.29, 0.717) is 41.3 Å². The Hall–Kier alpha value is -2.48. The number of carbonyl (C=O) groups is 1. The summed E-state index contributed by atoms with van der Waals surface area (Å²) < 4.78 is 6.14. The van der Waals surface area contributed by atoms with Gasteiger partial charge in [0.15, 0.2) is 4.47 Å². The standard InChI is InChI=1S/C24H26Cl2N4O2S/c1-2-13-32-19-6-3-17(4-7-19)23(31)30-11-9-29(10-12-30)22-8-5-18(14-21(22)25)27-15-20-16-28-24(26)33-20/h3-8,14,16,27H,2,9-13,15H2,1H3. The molecule has 6 nitrogen and oxygen atoms in total. The smallest absolute Gasteiger partial charge is 0.253 e. The van der Waals surface area contributed by atoms with Gasteiger partial charge in [0.25, 0.3) is 5.91 Å². The normalized spacial score (nSPS) is 13.8. The number of rotatable bonds is 8. The molecule has 3 aromatic rings. The lowest BCUT2D eigenvalue weighted by atomic mass is 10.1. The molecule has 1 aliphatic rings. The van der Waals surface area contributed by atoms with Gasteiger partial charge in [0, 0.05) is 48.5 Å². The molecule has 2 aromatic carbocycles. The minimum Gasteiger partial charge on any atom is -0.494 e. The van der Waals surface area contributed by atoms with Crippen LogP contribution in [-0.4, -0.2) is 48.6 Å². The molecule has 0 radical (unpaired) electrons. The van der Waals surface area contributed by atoms with Crippen LogP contribution in [0.15, 0.2) is 48.7 Å². The van der Waals surface area contributed by atoms with Gasteiger partial charge in [0.2, 0.25) is 0 Å². The number of carbonyl (C=O) groups excluding carboxylic acids is 1. The molecule has 0 saturated carbocycles. The van der Waals surface area contributed by atoms with E-state index in [1.807, 2.05) is 47.4 Å². The minimum absolute atomic E-state index is 0.0468. The van der Waals surface area contributed by atoms with Crippen LogP contribution >= 0.6 is 34.5 Å². The number of thiazole rings is 1. The Labute approximate surface area is 208 Å². The van der Waals surface area contributed by atoms with Crippen molar-refractivity contribution < 1.29 is 9.53 Å². The largest absolute Gasteiger partial charge is 0.494 e. The summed E-state index contributed by atoms with van der Waals surface area (Å²) in [6.07, 6.45) is 2.72. The predicted molar refractivity (Wildman–Crippen MR) is 136 cm³/mol. The second-order valence-corrected chi connectivity index (χ2v) is 9.86. The number of benzene rings is 2. The van der Waals surface area contributed by atoms with Crippen molar-refractivity contribution in [2.45, 2.75) is 19.9 Å². The Bertz CT molecular complexity index is 1080. The number of halogens is 2. The maximum absolute atomic E-state index is 12.9. The van der Waals surface area contributed by atoms with Crippen molar-refractivity contribution in [3.05, 3.63) is 68.6 Å². The SMILES string of the molecule is CCCOc1ccc(C(=O)N2CCN(c3ccc(NCc4cnc(Cl)s4)cc3Cl)CC2)cc1. The van der Waals surface area contributed by atoms with E-state index in [0.717, 1.165) is 41.5 Å². The van der Waals surface area contributed by atoms with E-state index in [1.165, 1.54) is 11.3 Å². The van der Waals surface area contributed by atoms with Crippen molar-refractivity contribution in [1.82, 2.24) is 9.88 Å². The van der Waals surface area contributed by atoms with Crippen LogP contribution in [0.5, 0.6) is 5.75 Å². The van der Waals surface area contributed by atoms with Crippen LogP contribution in [0.3, 0.4) is 0 Å². The number of hydrogen-bond donors (Lipinski definition) is 1. The minimum atomic E-state index is 0.0468. The summed E-state index contributed by atoms with van der Waals surface area (Å²) in [6, 6.07) is 13.4. The molecule has 1 N–H and O–H groups in total. The topological polar surface area (TPSA) is 57.7 Å². The van der Waals surface area contributed by atoms with E-state index in [4.69, 9.17) is 27.9 Å². The van der Waals surface area contributed by atoms with Gasteiger partial charge in [-0.05, 0) is 48.9 Å². The number of hydrogen-bond acceptors (Lipinski definition) is 6. The van der Waals surface area contributed by atoms with Crippen molar-refractivity contribution in [3.8, 4) is 5.75 Å². The van der Waals surface area contributed by atoms with Crippen LogP contribution in [0, 0.1) is 0 Å². The third-order valence-corrected chi connectivity index (χ3v) is 6.84. The quantitative estimate of drug-likeness (QED) is 0.419. The van der Waals surface area contributed by atoms with E-state index in [2.05, 4.69) is 22.1 Å². The molecule has 174 valence electrons. The first-order valence-corrected chi connectivity index (χ1v) is 12.5. The van der Waals surface area contributed by atoms with Crippen LogP contribution in [0.2, 0.25) is 9.49 Å². The highest BCUT2D eigenvalue weighted by atomic mass is 35.5. The van der Waals surface area contributed by atoms with Crippen molar-refractivity contribution in [1.29, 1.82) is 0 Å². The fourth-order valence-electron chi connectivity index (χ4n) is 3.67. The first kappa shape index (κ1) is 23.7. The van der Waals surface area contributed by atoms with Gasteiger partial charge in [-0.2, -0.15) is 0 Å². The molecule has 2 heterocycles. The molecule has 1 aromatic heterocycles. The summed E-state index contributed by atoms with van der Waals surface area (Å²) >= 11 is 13.9. The summed E-state index contributed by atoms with van der Waals surface area (Å²) in [5.74, 6) is 0.840. The molecule has 0 aliphatic carbocycles. The average molecular weight is 505 g/mol. The van der Waals surface area contributed by atoms with Gasteiger partial charge < -0.3 is 19.9 Å². The van der Waals surface area contributed by atoms with E-state index >= 15 is 0 Å². The molecule has 1 aliphatic heterocycles. The maximum Gasteiger partial charge on any atom is 0.253 e. The number of anilines is 2. The van der Waals surface area contributed by atoms with Gasteiger partial charge in [-0.1, -0.05) is 30.1 Å². The molecule has 0 spiro atoms. The Balaban J connectivity index is 1.31. The first-order chi connectivity index (χ1) is 16.0. The summed E-state index contributed by atoms with van der Waals surface area (Å²) in [5.41, 5.74) is 2.60. The van der Waals surface area contributed by atoms with Crippen molar-refractivity contribution in [2.75, 3.05) is 43.0 Å². The molecule has 33 heavy (non-hydrogen) atoms. The Morgan fingerprint density at radius 2 is 1.88 bits per heavy atom. The van der Waals surface area contributed by atoms with Crippen LogP contribution < -0.4 is 15.0 Å². The van der Waals surface area contributed by atoms with Crippen molar-refractivity contribution in [2.24, 2.45) is 0 Å². The average Bonchev–Trinajstić information content (AvgIpc) is 3.26. The fourth-order valence-corrected chi connectivity index (χ4v) is 4.89. The molecule has 9 heteroatoms. The first-order valence-electron chi connectivity index (χ1n) is 10.9. The van der Waals surface area contributed by atoms with E-state index in [1.54, 1.807) is 6.20 Å². The second kappa shape index (κ2) is 11.1. The van der Waals surface area contributed by atoms with E-state index in [9.17, 15) is 4.79 Å². The monoisotopic (exact) mass is 504 g/mol. The molecular formula is C24H26Cl2N4O2S. The zero-order valence-corrected chi connectivity index (χ0v) is 20.7. The number of amides is 1. The van der Waals surface area contributed by atoms with Crippen molar-refractivity contribution in [3.63, 3.8) is 0 Å². The van der Waals surface area contributed by atoms with Gasteiger partial charge in [-0.3, -0.25) is 4.79 Å². The van der Waals surface area contributed by atoms with Crippen molar-refractivity contribution >= 4 is 51.8 Å².